The number of ether oxygens (including phenoxy) is 1. The monoisotopic (exact) mass is 496 g/mol. The van der Waals surface area contributed by atoms with Crippen molar-refractivity contribution in [1.82, 2.24) is 19.9 Å². The number of aromatic amines is 1. The average molecular weight is 497 g/mol. The first kappa shape index (κ1) is 23.4. The van der Waals surface area contributed by atoms with Crippen molar-refractivity contribution in [1.29, 1.82) is 0 Å². The molecule has 180 valence electrons. The Labute approximate surface area is 212 Å². The Morgan fingerprint density at radius 3 is 2.64 bits per heavy atom. The number of rotatable bonds is 10. The number of carbonyl (C=O) groups is 1. The van der Waals surface area contributed by atoms with Crippen LogP contribution in [0.2, 0.25) is 0 Å². The number of thiazole rings is 1. The predicted octanol–water partition coefficient (Wildman–Crippen LogP) is 5.78. The molecule has 3 aromatic heterocycles. The van der Waals surface area contributed by atoms with Gasteiger partial charge in [0.25, 0.3) is 0 Å². The van der Waals surface area contributed by atoms with Crippen LogP contribution in [0.3, 0.4) is 0 Å². The van der Waals surface area contributed by atoms with Gasteiger partial charge in [-0.15, -0.1) is 11.3 Å². The fourth-order valence-corrected chi connectivity index (χ4v) is 4.78. The third-order valence-corrected chi connectivity index (χ3v) is 6.69. The van der Waals surface area contributed by atoms with Gasteiger partial charge < -0.3 is 14.8 Å². The van der Waals surface area contributed by atoms with E-state index in [2.05, 4.69) is 19.9 Å². The Kier molecular flexibility index (Phi) is 7.14. The molecule has 0 amide bonds. The maximum Gasteiger partial charge on any atom is 0.303 e. The van der Waals surface area contributed by atoms with E-state index >= 15 is 0 Å². The first-order valence-corrected chi connectivity index (χ1v) is 12.4. The molecule has 36 heavy (non-hydrogen) atoms. The highest BCUT2D eigenvalue weighted by Crippen LogP contribution is 2.29. The van der Waals surface area contributed by atoms with Crippen molar-refractivity contribution < 1.29 is 14.6 Å². The molecule has 0 saturated carbocycles. The van der Waals surface area contributed by atoms with Crippen LogP contribution in [0.4, 0.5) is 0 Å². The van der Waals surface area contributed by atoms with Crippen LogP contribution in [0.5, 0.6) is 5.75 Å². The lowest BCUT2D eigenvalue weighted by atomic mass is 9.97. The molecule has 0 saturated heterocycles. The summed E-state index contributed by atoms with van der Waals surface area (Å²) in [4.78, 5) is 27.6. The Morgan fingerprint density at radius 1 is 1.06 bits per heavy atom. The van der Waals surface area contributed by atoms with Crippen molar-refractivity contribution in [3.05, 3.63) is 107 Å². The number of hydrogen-bond donors (Lipinski definition) is 2. The number of aromatic nitrogens is 4. The summed E-state index contributed by atoms with van der Waals surface area (Å²) >= 11 is 1.51. The van der Waals surface area contributed by atoms with E-state index in [1.54, 1.807) is 18.6 Å². The number of carboxylic acid groups (broad SMARTS) is 1. The number of aliphatic carboxylic acids is 1. The smallest absolute Gasteiger partial charge is 0.303 e. The van der Waals surface area contributed by atoms with Crippen LogP contribution in [0.15, 0.2) is 84.8 Å². The quantitative estimate of drug-likeness (QED) is 0.254. The first-order chi connectivity index (χ1) is 17.7. The summed E-state index contributed by atoms with van der Waals surface area (Å²) in [7, 11) is 0. The van der Waals surface area contributed by atoms with Crippen LogP contribution in [0.1, 0.15) is 28.9 Å². The predicted molar refractivity (Wildman–Crippen MR) is 139 cm³/mol. The number of H-pyrrole nitrogens is 1. The van der Waals surface area contributed by atoms with E-state index in [1.165, 1.54) is 11.3 Å². The van der Waals surface area contributed by atoms with E-state index in [4.69, 9.17) is 4.74 Å². The maximum atomic E-state index is 11.3. The fraction of sp³-hybridized carbons (Fsp3) is 0.143. The van der Waals surface area contributed by atoms with Crippen molar-refractivity contribution >= 4 is 17.3 Å². The van der Waals surface area contributed by atoms with E-state index in [0.717, 1.165) is 50.1 Å². The van der Waals surface area contributed by atoms with Gasteiger partial charge in [-0.2, -0.15) is 0 Å². The number of carboxylic acids is 1. The van der Waals surface area contributed by atoms with E-state index < -0.39 is 5.97 Å². The molecule has 0 fully saturated rings. The highest BCUT2D eigenvalue weighted by molar-refractivity contribution is 7.13. The molecule has 3 heterocycles. The SMILES string of the molecule is O=C(O)CCc1c(-c2ccccc2)c[nH]c1Cc1ccc(OCc2csc(-c3cnccn3)n2)cc1. The zero-order valence-corrected chi connectivity index (χ0v) is 20.2. The van der Waals surface area contributed by atoms with Gasteiger partial charge in [-0.25, -0.2) is 4.98 Å². The molecular formula is C28H24N4O3S. The maximum absolute atomic E-state index is 11.3. The molecule has 0 bridgehead atoms. The summed E-state index contributed by atoms with van der Waals surface area (Å²) in [6, 6.07) is 18.0. The summed E-state index contributed by atoms with van der Waals surface area (Å²) in [5, 5.41) is 12.0. The van der Waals surface area contributed by atoms with Gasteiger partial charge in [0, 0.05) is 48.1 Å². The molecule has 2 aromatic carbocycles. The Bertz CT molecular complexity index is 1430. The minimum Gasteiger partial charge on any atom is -0.487 e. The molecule has 2 N–H and O–H groups in total. The van der Waals surface area contributed by atoms with E-state index in [9.17, 15) is 9.90 Å². The molecule has 0 aliphatic heterocycles. The van der Waals surface area contributed by atoms with Crippen LogP contribution in [-0.4, -0.2) is 31.0 Å². The topological polar surface area (TPSA) is 101 Å². The van der Waals surface area contributed by atoms with Gasteiger partial charge in [0.05, 0.1) is 11.9 Å². The van der Waals surface area contributed by atoms with Gasteiger partial charge in [0.15, 0.2) is 0 Å². The Balaban J connectivity index is 1.25. The van der Waals surface area contributed by atoms with Crippen LogP contribution in [-0.2, 0) is 24.2 Å². The van der Waals surface area contributed by atoms with Gasteiger partial charge in [0.2, 0.25) is 0 Å². The summed E-state index contributed by atoms with van der Waals surface area (Å²) in [6.45, 7) is 0.368. The van der Waals surface area contributed by atoms with E-state index in [-0.39, 0.29) is 6.42 Å². The van der Waals surface area contributed by atoms with Crippen molar-refractivity contribution in [3.63, 3.8) is 0 Å². The van der Waals surface area contributed by atoms with Crippen LogP contribution in [0, 0.1) is 0 Å². The number of hydrogen-bond acceptors (Lipinski definition) is 6. The highest BCUT2D eigenvalue weighted by Gasteiger charge is 2.15. The molecule has 0 atom stereocenters. The van der Waals surface area contributed by atoms with Crippen LogP contribution < -0.4 is 4.74 Å². The number of nitrogens with one attached hydrogen (secondary N) is 1. The Hall–Kier alpha value is -4.30. The lowest BCUT2D eigenvalue weighted by Gasteiger charge is -2.09. The van der Waals surface area contributed by atoms with E-state index in [0.29, 0.717) is 19.4 Å². The molecule has 0 spiro atoms. The summed E-state index contributed by atoms with van der Waals surface area (Å²) in [5.74, 6) is -0.0399. The van der Waals surface area contributed by atoms with Gasteiger partial charge in [-0.3, -0.25) is 14.8 Å². The van der Waals surface area contributed by atoms with Crippen molar-refractivity contribution in [2.45, 2.75) is 25.9 Å². The van der Waals surface area contributed by atoms with Gasteiger partial charge >= 0.3 is 5.97 Å². The summed E-state index contributed by atoms with van der Waals surface area (Å²) in [6.07, 6.45) is 8.20. The third kappa shape index (κ3) is 5.67. The first-order valence-electron chi connectivity index (χ1n) is 11.5. The standard InChI is InChI=1S/C28H24N4O3S/c33-27(34)11-10-23-24(20-4-2-1-3-5-20)15-31-25(23)14-19-6-8-22(9-7-19)35-17-21-18-36-28(32-21)26-16-29-12-13-30-26/h1-9,12-13,15-16,18,31H,10-11,14,17H2,(H,33,34). The lowest BCUT2D eigenvalue weighted by molar-refractivity contribution is -0.136. The Morgan fingerprint density at radius 2 is 1.89 bits per heavy atom. The minimum absolute atomic E-state index is 0.0899. The van der Waals surface area contributed by atoms with Crippen molar-refractivity contribution in [3.8, 4) is 27.6 Å². The fourth-order valence-electron chi connectivity index (χ4n) is 4.01. The molecule has 0 unspecified atom stereocenters. The largest absolute Gasteiger partial charge is 0.487 e. The summed E-state index contributed by atoms with van der Waals surface area (Å²) in [5.41, 5.74) is 6.91. The zero-order valence-electron chi connectivity index (χ0n) is 19.4. The third-order valence-electron chi connectivity index (χ3n) is 5.78. The minimum atomic E-state index is -0.799. The molecule has 0 radical (unpaired) electrons. The second kappa shape index (κ2) is 11.0. The van der Waals surface area contributed by atoms with Gasteiger partial charge in [-0.05, 0) is 35.2 Å². The lowest BCUT2D eigenvalue weighted by Crippen LogP contribution is -2.01. The normalized spacial score (nSPS) is 10.9. The van der Waals surface area contributed by atoms with Crippen molar-refractivity contribution in [2.24, 2.45) is 0 Å². The van der Waals surface area contributed by atoms with Crippen molar-refractivity contribution in [2.75, 3.05) is 0 Å². The molecule has 0 aliphatic rings. The molecular weight excluding hydrogens is 472 g/mol. The van der Waals surface area contributed by atoms with Crippen LogP contribution in [0.25, 0.3) is 21.8 Å². The second-order valence-electron chi connectivity index (χ2n) is 8.26. The molecule has 5 aromatic rings. The molecule has 5 rings (SSSR count). The average Bonchev–Trinajstić information content (AvgIpc) is 3.55. The number of benzene rings is 2. The summed E-state index contributed by atoms with van der Waals surface area (Å²) < 4.78 is 5.93. The van der Waals surface area contributed by atoms with Gasteiger partial charge in [-0.1, -0.05) is 42.5 Å². The molecule has 8 heteroatoms. The van der Waals surface area contributed by atoms with E-state index in [1.807, 2.05) is 66.2 Å². The van der Waals surface area contributed by atoms with Gasteiger partial charge in [0.1, 0.15) is 23.1 Å². The molecule has 7 nitrogen and oxygen atoms in total. The number of nitrogens with zero attached hydrogens (tertiary/aromatic N) is 3. The van der Waals surface area contributed by atoms with Crippen LogP contribution >= 0.6 is 11.3 Å². The molecule has 0 aliphatic carbocycles. The zero-order chi connectivity index (χ0) is 24.7. The highest BCUT2D eigenvalue weighted by atomic mass is 32.1. The second-order valence-corrected chi connectivity index (χ2v) is 9.12.